The average molecular weight is 297 g/mol. The molecule has 0 heterocycles. The van der Waals surface area contributed by atoms with Crippen LogP contribution in [-0.4, -0.2) is 19.8 Å². The summed E-state index contributed by atoms with van der Waals surface area (Å²) in [5.41, 5.74) is 0.647. The van der Waals surface area contributed by atoms with E-state index in [4.69, 9.17) is 0 Å². The second kappa shape index (κ2) is 5.68. The predicted molar refractivity (Wildman–Crippen MR) is 71.5 cm³/mol. The van der Waals surface area contributed by atoms with Gasteiger partial charge in [-0.1, -0.05) is 18.2 Å². The molecule has 0 atom stereocenters. The van der Waals surface area contributed by atoms with E-state index < -0.39 is 15.8 Å². The van der Waals surface area contributed by atoms with Crippen LogP contribution in [0.5, 0.6) is 0 Å². The Kier molecular flexibility index (Phi) is 4.15. The summed E-state index contributed by atoms with van der Waals surface area (Å²) in [4.78, 5) is -0.109. The summed E-state index contributed by atoms with van der Waals surface area (Å²) in [6.45, 7) is 0.0825. The van der Waals surface area contributed by atoms with Gasteiger partial charge in [0.1, 0.15) is 11.6 Å². The minimum absolute atomic E-state index is 0.0825. The Labute approximate surface area is 116 Å². The van der Waals surface area contributed by atoms with Crippen molar-refractivity contribution in [3.63, 3.8) is 0 Å². The van der Waals surface area contributed by atoms with Crippen molar-refractivity contribution in [1.29, 1.82) is 0 Å². The molecule has 0 saturated heterocycles. The highest BCUT2D eigenvalue weighted by molar-refractivity contribution is 7.89. The molecule has 2 rings (SSSR count). The highest BCUT2D eigenvalue weighted by Gasteiger charge is 2.21. The molecule has 0 aromatic heterocycles. The number of hydrogen-bond acceptors (Lipinski definition) is 2. The van der Waals surface area contributed by atoms with E-state index in [2.05, 4.69) is 0 Å². The molecule has 0 radical (unpaired) electrons. The molecule has 0 N–H and O–H groups in total. The third kappa shape index (κ3) is 3.20. The van der Waals surface area contributed by atoms with E-state index in [1.54, 1.807) is 0 Å². The summed E-state index contributed by atoms with van der Waals surface area (Å²) in [5, 5.41) is 0. The van der Waals surface area contributed by atoms with E-state index in [1.807, 2.05) is 0 Å². The quantitative estimate of drug-likeness (QED) is 0.870. The minimum Gasteiger partial charge on any atom is -0.207 e. The molecule has 6 heteroatoms. The van der Waals surface area contributed by atoms with Gasteiger partial charge in [0.25, 0.3) is 0 Å². The van der Waals surface area contributed by atoms with Crippen LogP contribution in [0.2, 0.25) is 0 Å². The van der Waals surface area contributed by atoms with Crippen molar-refractivity contribution in [2.45, 2.75) is 11.4 Å². The monoisotopic (exact) mass is 297 g/mol. The first kappa shape index (κ1) is 14.6. The Bertz CT molecular complexity index is 699. The topological polar surface area (TPSA) is 37.4 Å². The van der Waals surface area contributed by atoms with Crippen molar-refractivity contribution >= 4 is 10.0 Å². The van der Waals surface area contributed by atoms with Gasteiger partial charge < -0.3 is 0 Å². The van der Waals surface area contributed by atoms with Crippen LogP contribution in [0.3, 0.4) is 0 Å². The van der Waals surface area contributed by atoms with E-state index >= 15 is 0 Å². The molecule has 0 aliphatic heterocycles. The summed E-state index contributed by atoms with van der Waals surface area (Å²) in [5.74, 6) is -0.995. The smallest absolute Gasteiger partial charge is 0.207 e. The second-order valence-corrected chi connectivity index (χ2v) is 6.39. The van der Waals surface area contributed by atoms with Crippen LogP contribution in [0.4, 0.5) is 8.78 Å². The molecule has 0 unspecified atom stereocenters. The molecule has 0 bridgehead atoms. The van der Waals surface area contributed by atoms with E-state index in [9.17, 15) is 17.2 Å². The lowest BCUT2D eigenvalue weighted by Gasteiger charge is -2.17. The fourth-order valence-corrected chi connectivity index (χ4v) is 2.93. The molecular formula is C14H13F2NO2S. The molecule has 2 aromatic rings. The molecule has 20 heavy (non-hydrogen) atoms. The van der Waals surface area contributed by atoms with Gasteiger partial charge in [-0.25, -0.2) is 17.2 Å². The fraction of sp³-hybridized carbons (Fsp3) is 0.143. The zero-order valence-corrected chi connectivity index (χ0v) is 11.6. The van der Waals surface area contributed by atoms with E-state index in [1.165, 1.54) is 49.5 Å². The Morgan fingerprint density at radius 2 is 1.65 bits per heavy atom. The van der Waals surface area contributed by atoms with E-state index in [-0.39, 0.29) is 17.3 Å². The molecule has 3 nitrogen and oxygen atoms in total. The largest absolute Gasteiger partial charge is 0.243 e. The fourth-order valence-electron chi connectivity index (χ4n) is 1.74. The van der Waals surface area contributed by atoms with Crippen molar-refractivity contribution in [3.05, 3.63) is 65.7 Å². The van der Waals surface area contributed by atoms with Gasteiger partial charge in [0.05, 0.1) is 4.90 Å². The summed E-state index contributed by atoms with van der Waals surface area (Å²) >= 11 is 0. The van der Waals surface area contributed by atoms with E-state index in [0.717, 1.165) is 10.4 Å². The third-order valence-corrected chi connectivity index (χ3v) is 4.62. The molecule has 0 spiro atoms. The summed E-state index contributed by atoms with van der Waals surface area (Å²) in [6, 6.07) is 10.4. The van der Waals surface area contributed by atoms with Gasteiger partial charge in [0.2, 0.25) is 10.0 Å². The number of hydrogen-bond donors (Lipinski definition) is 0. The standard InChI is InChI=1S/C14H13F2NO2S/c1-17(10-11-5-7-12(15)8-6-11)20(18,19)14-4-2-3-13(16)9-14/h2-9H,10H2,1H3. The summed E-state index contributed by atoms with van der Waals surface area (Å²) in [6.07, 6.45) is 0. The normalized spacial score (nSPS) is 11.8. The SMILES string of the molecule is CN(Cc1ccc(F)cc1)S(=O)(=O)c1cccc(F)c1. The lowest BCUT2D eigenvalue weighted by Crippen LogP contribution is -2.26. The molecule has 0 saturated carbocycles. The lowest BCUT2D eigenvalue weighted by molar-refractivity contribution is 0.465. The van der Waals surface area contributed by atoms with Crippen molar-refractivity contribution < 1.29 is 17.2 Å². The summed E-state index contributed by atoms with van der Waals surface area (Å²) < 4.78 is 51.5. The minimum atomic E-state index is -3.77. The van der Waals surface area contributed by atoms with Crippen LogP contribution in [0.25, 0.3) is 0 Å². The Hall–Kier alpha value is -1.79. The zero-order valence-electron chi connectivity index (χ0n) is 10.8. The molecule has 0 aliphatic carbocycles. The number of rotatable bonds is 4. The number of halogens is 2. The first-order chi connectivity index (χ1) is 9.39. The Morgan fingerprint density at radius 3 is 2.25 bits per heavy atom. The van der Waals surface area contributed by atoms with Gasteiger partial charge in [-0.15, -0.1) is 0 Å². The van der Waals surface area contributed by atoms with Crippen molar-refractivity contribution in [3.8, 4) is 0 Å². The van der Waals surface area contributed by atoms with Crippen LogP contribution in [0, 0.1) is 11.6 Å². The maximum atomic E-state index is 13.1. The third-order valence-electron chi connectivity index (χ3n) is 2.82. The summed E-state index contributed by atoms with van der Waals surface area (Å²) in [7, 11) is -2.38. The maximum absolute atomic E-state index is 13.1. The van der Waals surface area contributed by atoms with Gasteiger partial charge in [0.15, 0.2) is 0 Å². The molecule has 0 fully saturated rings. The second-order valence-electron chi connectivity index (χ2n) is 4.34. The van der Waals surface area contributed by atoms with Crippen LogP contribution in [-0.2, 0) is 16.6 Å². The highest BCUT2D eigenvalue weighted by atomic mass is 32.2. The van der Waals surface area contributed by atoms with Gasteiger partial charge in [-0.05, 0) is 35.9 Å². The maximum Gasteiger partial charge on any atom is 0.243 e. The van der Waals surface area contributed by atoms with Crippen molar-refractivity contribution in [1.82, 2.24) is 4.31 Å². The molecular weight excluding hydrogens is 284 g/mol. The molecule has 0 amide bonds. The van der Waals surface area contributed by atoms with E-state index in [0.29, 0.717) is 5.56 Å². The average Bonchev–Trinajstić information content (AvgIpc) is 2.41. The van der Waals surface area contributed by atoms with Crippen molar-refractivity contribution in [2.75, 3.05) is 7.05 Å². The van der Waals surface area contributed by atoms with Gasteiger partial charge in [-0.2, -0.15) is 4.31 Å². The van der Waals surface area contributed by atoms with Crippen LogP contribution in [0.1, 0.15) is 5.56 Å². The molecule has 0 aliphatic rings. The van der Waals surface area contributed by atoms with Crippen LogP contribution in [0.15, 0.2) is 53.4 Å². The van der Waals surface area contributed by atoms with Gasteiger partial charge in [0, 0.05) is 13.6 Å². The Morgan fingerprint density at radius 1 is 1.00 bits per heavy atom. The molecule has 106 valence electrons. The number of nitrogens with zero attached hydrogens (tertiary/aromatic N) is 1. The van der Waals surface area contributed by atoms with Gasteiger partial charge in [-0.3, -0.25) is 0 Å². The first-order valence-corrected chi connectivity index (χ1v) is 7.30. The predicted octanol–water partition coefficient (Wildman–Crippen LogP) is 2.79. The first-order valence-electron chi connectivity index (χ1n) is 5.86. The van der Waals surface area contributed by atoms with Crippen LogP contribution < -0.4 is 0 Å². The zero-order chi connectivity index (χ0) is 14.8. The highest BCUT2D eigenvalue weighted by Crippen LogP contribution is 2.17. The van der Waals surface area contributed by atoms with Crippen molar-refractivity contribution in [2.24, 2.45) is 0 Å². The van der Waals surface area contributed by atoms with Gasteiger partial charge >= 0.3 is 0 Å². The number of benzene rings is 2. The Balaban J connectivity index is 2.23. The number of sulfonamides is 1. The lowest BCUT2D eigenvalue weighted by atomic mass is 10.2. The van der Waals surface area contributed by atoms with Crippen LogP contribution >= 0.6 is 0 Å². The molecule has 2 aromatic carbocycles.